The SMILES string of the molecule is CN(CCc1ccccn1)C(=O)c1cc(F)c(F)cc1Cl.Cl. The Morgan fingerprint density at radius 2 is 1.95 bits per heavy atom. The number of benzene rings is 1. The van der Waals surface area contributed by atoms with Crippen molar-refractivity contribution in [3.05, 3.63) is 64.4 Å². The van der Waals surface area contributed by atoms with Gasteiger partial charge in [-0.05, 0) is 24.3 Å². The topological polar surface area (TPSA) is 33.2 Å². The Hall–Kier alpha value is -1.72. The maximum absolute atomic E-state index is 13.2. The van der Waals surface area contributed by atoms with Crippen LogP contribution >= 0.6 is 24.0 Å². The van der Waals surface area contributed by atoms with Crippen LogP contribution in [0.5, 0.6) is 0 Å². The number of likely N-dealkylation sites (N-methyl/N-ethyl adjacent to an activating group) is 1. The molecule has 0 N–H and O–H groups in total. The number of nitrogens with zero attached hydrogens (tertiary/aromatic N) is 2. The van der Waals surface area contributed by atoms with Gasteiger partial charge in [0.2, 0.25) is 0 Å². The van der Waals surface area contributed by atoms with Gasteiger partial charge in [-0.2, -0.15) is 0 Å². The van der Waals surface area contributed by atoms with Gasteiger partial charge in [-0.1, -0.05) is 17.7 Å². The van der Waals surface area contributed by atoms with Crippen LogP contribution in [0.3, 0.4) is 0 Å². The van der Waals surface area contributed by atoms with Crippen molar-refractivity contribution in [1.29, 1.82) is 0 Å². The number of halogens is 4. The lowest BCUT2D eigenvalue weighted by Crippen LogP contribution is -2.29. The number of aromatic nitrogens is 1. The van der Waals surface area contributed by atoms with Crippen molar-refractivity contribution in [3.63, 3.8) is 0 Å². The van der Waals surface area contributed by atoms with E-state index in [-0.39, 0.29) is 23.0 Å². The molecule has 1 amide bonds. The maximum atomic E-state index is 13.2. The first-order valence-electron chi connectivity index (χ1n) is 6.29. The lowest BCUT2D eigenvalue weighted by molar-refractivity contribution is 0.0796. The normalized spacial score (nSPS) is 10.0. The molecule has 0 saturated carbocycles. The van der Waals surface area contributed by atoms with E-state index in [2.05, 4.69) is 4.98 Å². The third kappa shape index (κ3) is 4.39. The van der Waals surface area contributed by atoms with E-state index in [0.717, 1.165) is 17.8 Å². The summed E-state index contributed by atoms with van der Waals surface area (Å²) in [7, 11) is 1.57. The zero-order chi connectivity index (χ0) is 15.4. The molecule has 0 saturated heterocycles. The van der Waals surface area contributed by atoms with Crippen molar-refractivity contribution in [2.24, 2.45) is 0 Å². The van der Waals surface area contributed by atoms with Crippen molar-refractivity contribution >= 4 is 29.9 Å². The highest BCUT2D eigenvalue weighted by atomic mass is 35.5. The third-order valence-corrected chi connectivity index (χ3v) is 3.33. The molecule has 0 atom stereocenters. The predicted octanol–water partition coefficient (Wildman–Crippen LogP) is 3.75. The highest BCUT2D eigenvalue weighted by molar-refractivity contribution is 6.33. The molecule has 0 unspecified atom stereocenters. The lowest BCUT2D eigenvalue weighted by atomic mass is 10.1. The number of hydrogen-bond acceptors (Lipinski definition) is 2. The van der Waals surface area contributed by atoms with E-state index in [9.17, 15) is 13.6 Å². The van der Waals surface area contributed by atoms with Gasteiger partial charge in [0.05, 0.1) is 10.6 Å². The Labute approximate surface area is 138 Å². The first-order valence-corrected chi connectivity index (χ1v) is 6.66. The van der Waals surface area contributed by atoms with Gasteiger partial charge >= 0.3 is 0 Å². The minimum absolute atomic E-state index is 0. The van der Waals surface area contributed by atoms with Gasteiger partial charge in [-0.3, -0.25) is 9.78 Å². The summed E-state index contributed by atoms with van der Waals surface area (Å²) in [6.07, 6.45) is 2.23. The van der Waals surface area contributed by atoms with E-state index in [4.69, 9.17) is 11.6 Å². The van der Waals surface area contributed by atoms with E-state index in [0.29, 0.717) is 13.0 Å². The second-order valence-corrected chi connectivity index (χ2v) is 4.95. The summed E-state index contributed by atoms with van der Waals surface area (Å²) in [4.78, 5) is 17.7. The number of hydrogen-bond donors (Lipinski definition) is 0. The first-order chi connectivity index (χ1) is 9.99. The lowest BCUT2D eigenvalue weighted by Gasteiger charge is -2.17. The summed E-state index contributed by atoms with van der Waals surface area (Å²) in [6, 6.07) is 7.13. The van der Waals surface area contributed by atoms with E-state index in [1.165, 1.54) is 4.90 Å². The van der Waals surface area contributed by atoms with Gasteiger partial charge in [0, 0.05) is 31.9 Å². The standard InChI is InChI=1S/C15H13ClF2N2O.ClH/c1-20(7-5-10-4-2-3-6-19-10)15(21)11-8-13(17)14(18)9-12(11)16;/h2-4,6,8-9H,5,7H2,1H3;1H. The fourth-order valence-electron chi connectivity index (χ4n) is 1.82. The average molecular weight is 347 g/mol. The van der Waals surface area contributed by atoms with Crippen LogP contribution in [-0.4, -0.2) is 29.4 Å². The van der Waals surface area contributed by atoms with Crippen molar-refractivity contribution < 1.29 is 13.6 Å². The van der Waals surface area contributed by atoms with E-state index in [1.54, 1.807) is 19.3 Å². The van der Waals surface area contributed by atoms with Gasteiger partial charge in [0.15, 0.2) is 11.6 Å². The number of rotatable bonds is 4. The zero-order valence-electron chi connectivity index (χ0n) is 11.7. The molecule has 0 radical (unpaired) electrons. The van der Waals surface area contributed by atoms with E-state index < -0.39 is 17.5 Å². The second kappa shape index (κ2) is 8.06. The molecule has 2 aromatic rings. The molecule has 1 aromatic heterocycles. The summed E-state index contributed by atoms with van der Waals surface area (Å²) in [5.41, 5.74) is 0.785. The van der Waals surface area contributed by atoms with Crippen molar-refractivity contribution in [3.8, 4) is 0 Å². The quantitative estimate of drug-likeness (QED) is 0.790. The van der Waals surface area contributed by atoms with Crippen LogP contribution in [0.25, 0.3) is 0 Å². The summed E-state index contributed by atoms with van der Waals surface area (Å²) in [6.45, 7) is 0.394. The minimum Gasteiger partial charge on any atom is -0.341 e. The van der Waals surface area contributed by atoms with Gasteiger partial charge in [-0.15, -0.1) is 12.4 Å². The number of carbonyl (C=O) groups excluding carboxylic acids is 1. The van der Waals surface area contributed by atoms with Gasteiger partial charge < -0.3 is 4.90 Å². The highest BCUT2D eigenvalue weighted by Gasteiger charge is 2.18. The Morgan fingerprint density at radius 3 is 2.59 bits per heavy atom. The van der Waals surface area contributed by atoms with Crippen LogP contribution in [0.4, 0.5) is 8.78 Å². The first kappa shape index (κ1) is 18.3. The predicted molar refractivity (Wildman–Crippen MR) is 83.5 cm³/mol. The molecular weight excluding hydrogens is 333 g/mol. The minimum atomic E-state index is -1.10. The molecule has 2 rings (SSSR count). The summed E-state index contributed by atoms with van der Waals surface area (Å²) >= 11 is 5.79. The van der Waals surface area contributed by atoms with Crippen LogP contribution in [0.1, 0.15) is 16.1 Å². The molecule has 0 aliphatic carbocycles. The van der Waals surface area contributed by atoms with Gasteiger partial charge in [-0.25, -0.2) is 8.78 Å². The number of carbonyl (C=O) groups is 1. The van der Waals surface area contributed by atoms with Crippen molar-refractivity contribution in [2.45, 2.75) is 6.42 Å². The molecular formula is C15H14Cl2F2N2O. The fraction of sp³-hybridized carbons (Fsp3) is 0.200. The Morgan fingerprint density at radius 1 is 1.27 bits per heavy atom. The van der Waals surface area contributed by atoms with Gasteiger partial charge in [0.25, 0.3) is 5.91 Å². The monoisotopic (exact) mass is 346 g/mol. The molecule has 7 heteroatoms. The fourth-order valence-corrected chi connectivity index (χ4v) is 2.05. The Kier molecular flexibility index (Phi) is 6.71. The molecule has 0 aliphatic rings. The Balaban J connectivity index is 0.00000242. The van der Waals surface area contributed by atoms with E-state index >= 15 is 0 Å². The molecule has 22 heavy (non-hydrogen) atoms. The van der Waals surface area contributed by atoms with Crippen molar-refractivity contribution in [1.82, 2.24) is 9.88 Å². The van der Waals surface area contributed by atoms with E-state index in [1.807, 2.05) is 12.1 Å². The molecule has 118 valence electrons. The number of pyridine rings is 1. The van der Waals surface area contributed by atoms with Crippen molar-refractivity contribution in [2.75, 3.05) is 13.6 Å². The van der Waals surface area contributed by atoms with Crippen LogP contribution < -0.4 is 0 Å². The molecule has 1 heterocycles. The molecule has 0 spiro atoms. The summed E-state index contributed by atoms with van der Waals surface area (Å²) < 4.78 is 26.2. The zero-order valence-corrected chi connectivity index (χ0v) is 13.3. The molecule has 0 aliphatic heterocycles. The highest BCUT2D eigenvalue weighted by Crippen LogP contribution is 2.21. The maximum Gasteiger partial charge on any atom is 0.255 e. The van der Waals surface area contributed by atoms with Crippen LogP contribution in [-0.2, 0) is 6.42 Å². The molecule has 1 aromatic carbocycles. The van der Waals surface area contributed by atoms with Crippen LogP contribution in [0.15, 0.2) is 36.5 Å². The average Bonchev–Trinajstić information content (AvgIpc) is 2.49. The number of amides is 1. The summed E-state index contributed by atoms with van der Waals surface area (Å²) in [5, 5.41) is -0.108. The third-order valence-electron chi connectivity index (χ3n) is 3.02. The molecule has 0 fully saturated rings. The molecule has 3 nitrogen and oxygen atoms in total. The second-order valence-electron chi connectivity index (χ2n) is 4.54. The molecule has 0 bridgehead atoms. The Bertz CT molecular complexity index is 653. The smallest absolute Gasteiger partial charge is 0.255 e. The largest absolute Gasteiger partial charge is 0.341 e. The summed E-state index contributed by atoms with van der Waals surface area (Å²) in [5.74, 6) is -2.64. The van der Waals surface area contributed by atoms with Gasteiger partial charge in [0.1, 0.15) is 0 Å². The van der Waals surface area contributed by atoms with Crippen LogP contribution in [0.2, 0.25) is 5.02 Å². The van der Waals surface area contributed by atoms with Crippen LogP contribution in [0, 0.1) is 11.6 Å².